The fourth-order valence-electron chi connectivity index (χ4n) is 2.01. The van der Waals surface area contributed by atoms with Gasteiger partial charge in [0.1, 0.15) is 5.75 Å². The first-order valence-corrected chi connectivity index (χ1v) is 7.11. The van der Waals surface area contributed by atoms with Crippen molar-refractivity contribution < 1.29 is 15.2 Å². The number of quaternary nitrogens is 1. The summed E-state index contributed by atoms with van der Waals surface area (Å²) >= 11 is 0. The lowest BCUT2D eigenvalue weighted by atomic mass is 9.86. The minimum atomic E-state index is 0.103. The molecule has 0 aromatic heterocycles. The predicted molar refractivity (Wildman–Crippen MR) is 78.7 cm³/mol. The van der Waals surface area contributed by atoms with Crippen LogP contribution in [0.25, 0.3) is 0 Å². The molecule has 108 valence electrons. The van der Waals surface area contributed by atoms with Gasteiger partial charge in [0.2, 0.25) is 0 Å². The number of aliphatic hydroxyl groups is 1. The summed E-state index contributed by atoms with van der Waals surface area (Å²) in [5.74, 6) is 1.01. The maximum absolute atomic E-state index is 8.69. The van der Waals surface area contributed by atoms with Crippen molar-refractivity contribution in [1.82, 2.24) is 0 Å². The SMILES string of the molecule is Cc1ccc(C(C)(C)C)c(OCCC[NH2+]CCO)c1. The van der Waals surface area contributed by atoms with Crippen LogP contribution >= 0.6 is 0 Å². The van der Waals surface area contributed by atoms with Gasteiger partial charge in [0.25, 0.3) is 0 Å². The molecule has 0 heterocycles. The van der Waals surface area contributed by atoms with Crippen LogP contribution in [-0.2, 0) is 5.41 Å². The zero-order chi connectivity index (χ0) is 14.3. The standard InChI is InChI=1S/C16H27NO2/c1-13-6-7-14(16(2,3)4)15(12-13)19-11-5-8-17-9-10-18/h6-7,12,17-18H,5,8-11H2,1-4H3/p+1. The van der Waals surface area contributed by atoms with Gasteiger partial charge in [-0.05, 0) is 29.5 Å². The summed E-state index contributed by atoms with van der Waals surface area (Å²) in [4.78, 5) is 0. The Bertz CT molecular complexity index is 383. The Morgan fingerprint density at radius 1 is 1.21 bits per heavy atom. The summed E-state index contributed by atoms with van der Waals surface area (Å²) < 4.78 is 5.94. The largest absolute Gasteiger partial charge is 0.493 e. The number of rotatable bonds is 7. The van der Waals surface area contributed by atoms with Gasteiger partial charge in [0, 0.05) is 6.42 Å². The number of aliphatic hydroxyl groups excluding tert-OH is 1. The molecular weight excluding hydrogens is 238 g/mol. The molecule has 0 atom stereocenters. The van der Waals surface area contributed by atoms with Gasteiger partial charge < -0.3 is 15.2 Å². The van der Waals surface area contributed by atoms with Crippen molar-refractivity contribution in [2.24, 2.45) is 0 Å². The van der Waals surface area contributed by atoms with Crippen molar-refractivity contribution in [3.63, 3.8) is 0 Å². The summed E-state index contributed by atoms with van der Waals surface area (Å²) in [5.41, 5.74) is 2.60. The molecule has 19 heavy (non-hydrogen) atoms. The van der Waals surface area contributed by atoms with E-state index in [2.05, 4.69) is 51.2 Å². The Kier molecular flexibility index (Phi) is 6.32. The van der Waals surface area contributed by atoms with Crippen molar-refractivity contribution in [1.29, 1.82) is 0 Å². The molecule has 0 saturated carbocycles. The van der Waals surface area contributed by atoms with Crippen LogP contribution in [0.3, 0.4) is 0 Å². The Labute approximate surface area is 117 Å². The summed E-state index contributed by atoms with van der Waals surface area (Å²) in [6, 6.07) is 6.43. The average Bonchev–Trinajstić information content (AvgIpc) is 2.32. The molecule has 0 aliphatic rings. The first-order chi connectivity index (χ1) is 8.95. The topological polar surface area (TPSA) is 46.1 Å². The van der Waals surface area contributed by atoms with Crippen LogP contribution in [0.1, 0.15) is 38.3 Å². The molecule has 1 aromatic carbocycles. The van der Waals surface area contributed by atoms with Gasteiger partial charge >= 0.3 is 0 Å². The summed E-state index contributed by atoms with van der Waals surface area (Å²) in [6.07, 6.45) is 0.998. The zero-order valence-corrected chi connectivity index (χ0v) is 12.7. The first-order valence-electron chi connectivity index (χ1n) is 7.11. The second-order valence-electron chi connectivity index (χ2n) is 6.04. The van der Waals surface area contributed by atoms with Gasteiger partial charge in [0.05, 0.1) is 26.3 Å². The molecule has 0 aliphatic heterocycles. The predicted octanol–water partition coefficient (Wildman–Crippen LogP) is 1.62. The summed E-state index contributed by atoms with van der Waals surface area (Å²) in [7, 11) is 0. The number of benzene rings is 1. The number of nitrogens with two attached hydrogens (primary N) is 1. The maximum Gasteiger partial charge on any atom is 0.123 e. The lowest BCUT2D eigenvalue weighted by Crippen LogP contribution is -2.85. The number of ether oxygens (including phenoxy) is 1. The molecule has 0 aliphatic carbocycles. The van der Waals surface area contributed by atoms with Crippen LogP contribution in [0.5, 0.6) is 5.75 Å². The zero-order valence-electron chi connectivity index (χ0n) is 12.7. The maximum atomic E-state index is 8.69. The van der Waals surface area contributed by atoms with Crippen molar-refractivity contribution in [3.05, 3.63) is 29.3 Å². The minimum absolute atomic E-state index is 0.103. The molecule has 3 nitrogen and oxygen atoms in total. The van der Waals surface area contributed by atoms with Gasteiger partial charge in [-0.1, -0.05) is 32.9 Å². The fraction of sp³-hybridized carbons (Fsp3) is 0.625. The number of hydrogen-bond acceptors (Lipinski definition) is 2. The second-order valence-corrected chi connectivity index (χ2v) is 6.04. The molecule has 3 N–H and O–H groups in total. The van der Waals surface area contributed by atoms with Crippen molar-refractivity contribution in [3.8, 4) is 5.75 Å². The molecule has 1 aromatic rings. The smallest absolute Gasteiger partial charge is 0.123 e. The monoisotopic (exact) mass is 266 g/mol. The van der Waals surface area contributed by atoms with Crippen LogP contribution in [0.4, 0.5) is 0 Å². The van der Waals surface area contributed by atoms with E-state index in [1.807, 2.05) is 0 Å². The van der Waals surface area contributed by atoms with E-state index in [9.17, 15) is 0 Å². The Hall–Kier alpha value is -1.06. The fourth-order valence-corrected chi connectivity index (χ4v) is 2.01. The van der Waals surface area contributed by atoms with E-state index >= 15 is 0 Å². The van der Waals surface area contributed by atoms with Crippen LogP contribution in [0.2, 0.25) is 0 Å². The molecule has 0 radical (unpaired) electrons. The lowest BCUT2D eigenvalue weighted by Gasteiger charge is -2.23. The highest BCUT2D eigenvalue weighted by molar-refractivity contribution is 5.41. The summed E-state index contributed by atoms with van der Waals surface area (Å²) in [6.45, 7) is 11.5. The number of hydrogen-bond donors (Lipinski definition) is 2. The third-order valence-corrected chi connectivity index (χ3v) is 3.09. The molecule has 0 saturated heterocycles. The van der Waals surface area contributed by atoms with Gasteiger partial charge in [-0.15, -0.1) is 0 Å². The van der Waals surface area contributed by atoms with E-state index < -0.39 is 0 Å². The molecular formula is C16H28NO2+. The van der Waals surface area contributed by atoms with Crippen LogP contribution < -0.4 is 10.1 Å². The van der Waals surface area contributed by atoms with Crippen molar-refractivity contribution >= 4 is 0 Å². The Morgan fingerprint density at radius 3 is 2.58 bits per heavy atom. The molecule has 0 amide bonds. The van der Waals surface area contributed by atoms with Crippen LogP contribution in [0.15, 0.2) is 18.2 Å². The van der Waals surface area contributed by atoms with Crippen LogP contribution in [0, 0.1) is 6.92 Å². The normalized spacial score (nSPS) is 11.6. The summed E-state index contributed by atoms with van der Waals surface area (Å²) in [5, 5.41) is 10.8. The highest BCUT2D eigenvalue weighted by Gasteiger charge is 2.18. The number of aryl methyl sites for hydroxylation is 1. The lowest BCUT2D eigenvalue weighted by molar-refractivity contribution is -0.656. The van der Waals surface area contributed by atoms with E-state index in [-0.39, 0.29) is 12.0 Å². The van der Waals surface area contributed by atoms with Gasteiger partial charge in [0.15, 0.2) is 0 Å². The van der Waals surface area contributed by atoms with Crippen molar-refractivity contribution in [2.75, 3.05) is 26.3 Å². The Morgan fingerprint density at radius 2 is 1.95 bits per heavy atom. The highest BCUT2D eigenvalue weighted by Crippen LogP contribution is 2.32. The third-order valence-electron chi connectivity index (χ3n) is 3.09. The highest BCUT2D eigenvalue weighted by atomic mass is 16.5. The van der Waals surface area contributed by atoms with E-state index in [1.165, 1.54) is 11.1 Å². The second kappa shape index (κ2) is 7.51. The molecule has 0 fully saturated rings. The van der Waals surface area contributed by atoms with Crippen molar-refractivity contribution in [2.45, 2.75) is 39.5 Å². The third kappa shape index (κ3) is 5.62. The van der Waals surface area contributed by atoms with E-state index in [0.717, 1.165) is 31.9 Å². The molecule has 1 rings (SSSR count). The minimum Gasteiger partial charge on any atom is -0.493 e. The first kappa shape index (κ1) is 16.0. The molecule has 3 heteroatoms. The van der Waals surface area contributed by atoms with E-state index in [0.29, 0.717) is 0 Å². The van der Waals surface area contributed by atoms with Gasteiger partial charge in [-0.25, -0.2) is 0 Å². The molecule has 0 spiro atoms. The molecule has 0 unspecified atom stereocenters. The average molecular weight is 266 g/mol. The molecule has 0 bridgehead atoms. The van der Waals surface area contributed by atoms with E-state index in [4.69, 9.17) is 9.84 Å². The van der Waals surface area contributed by atoms with Gasteiger partial charge in [-0.2, -0.15) is 0 Å². The van der Waals surface area contributed by atoms with E-state index in [1.54, 1.807) is 0 Å². The van der Waals surface area contributed by atoms with Crippen LogP contribution in [-0.4, -0.2) is 31.4 Å². The Balaban J connectivity index is 2.54. The quantitative estimate of drug-likeness (QED) is 0.737. The van der Waals surface area contributed by atoms with Gasteiger partial charge in [-0.3, -0.25) is 0 Å².